The molecule has 0 amide bonds. The first-order valence-corrected chi connectivity index (χ1v) is 8.44. The van der Waals surface area contributed by atoms with E-state index < -0.39 is 0 Å². The first-order valence-electron chi connectivity index (χ1n) is 7.65. The van der Waals surface area contributed by atoms with Crippen molar-refractivity contribution < 1.29 is 9.47 Å². The van der Waals surface area contributed by atoms with Crippen molar-refractivity contribution in [2.24, 2.45) is 0 Å². The molecule has 1 unspecified atom stereocenters. The molecule has 0 radical (unpaired) electrons. The fraction of sp³-hybridized carbons (Fsp3) is 0.562. The van der Waals surface area contributed by atoms with Gasteiger partial charge in [0.15, 0.2) is 6.29 Å². The van der Waals surface area contributed by atoms with Gasteiger partial charge in [-0.05, 0) is 50.3 Å². The number of ether oxygens (including phenoxy) is 2. The summed E-state index contributed by atoms with van der Waals surface area (Å²) < 4.78 is 15.0. The number of fused-ring (bicyclic) bond motifs is 1. The highest BCUT2D eigenvalue weighted by molar-refractivity contribution is 9.10. The molecule has 0 spiro atoms. The summed E-state index contributed by atoms with van der Waals surface area (Å²) in [4.78, 5) is 0. The normalized spacial score (nSPS) is 24.3. The SMILES string of the molecule is Brc1ccc2nn(CC3(OC4CCCCO4)CC3)cc2c1. The van der Waals surface area contributed by atoms with E-state index in [2.05, 4.69) is 33.3 Å². The van der Waals surface area contributed by atoms with Gasteiger partial charge in [0.1, 0.15) is 0 Å². The lowest BCUT2D eigenvalue weighted by molar-refractivity contribution is -0.200. The predicted octanol–water partition coefficient (Wildman–Crippen LogP) is 3.87. The molecule has 2 fully saturated rings. The van der Waals surface area contributed by atoms with E-state index in [1.807, 2.05) is 16.8 Å². The third-order valence-electron chi connectivity index (χ3n) is 4.29. The average molecular weight is 351 g/mol. The van der Waals surface area contributed by atoms with Crippen molar-refractivity contribution in [2.75, 3.05) is 6.61 Å². The van der Waals surface area contributed by atoms with Crippen molar-refractivity contribution in [3.63, 3.8) is 0 Å². The summed E-state index contributed by atoms with van der Waals surface area (Å²) in [5.74, 6) is 0. The summed E-state index contributed by atoms with van der Waals surface area (Å²) in [6.45, 7) is 1.65. The molecular formula is C16H19BrN2O2. The molecule has 1 saturated heterocycles. The molecule has 4 rings (SSSR count). The highest BCUT2D eigenvalue weighted by Gasteiger charge is 2.47. The highest BCUT2D eigenvalue weighted by Crippen LogP contribution is 2.43. The lowest BCUT2D eigenvalue weighted by Crippen LogP contribution is -2.32. The van der Waals surface area contributed by atoms with Crippen molar-refractivity contribution in [3.8, 4) is 0 Å². The van der Waals surface area contributed by atoms with Crippen molar-refractivity contribution in [2.45, 2.75) is 50.5 Å². The van der Waals surface area contributed by atoms with E-state index in [9.17, 15) is 0 Å². The molecule has 1 aliphatic carbocycles. The van der Waals surface area contributed by atoms with E-state index >= 15 is 0 Å². The number of aromatic nitrogens is 2. The predicted molar refractivity (Wildman–Crippen MR) is 84.1 cm³/mol. The van der Waals surface area contributed by atoms with E-state index in [4.69, 9.17) is 9.47 Å². The molecule has 2 heterocycles. The van der Waals surface area contributed by atoms with Gasteiger partial charge < -0.3 is 9.47 Å². The Morgan fingerprint density at radius 2 is 2.29 bits per heavy atom. The summed E-state index contributed by atoms with van der Waals surface area (Å²) in [6, 6.07) is 6.17. The molecule has 21 heavy (non-hydrogen) atoms. The Hall–Kier alpha value is -0.910. The molecular weight excluding hydrogens is 332 g/mol. The minimum Gasteiger partial charge on any atom is -0.353 e. The van der Waals surface area contributed by atoms with Gasteiger partial charge in [-0.1, -0.05) is 15.9 Å². The number of hydrogen-bond donors (Lipinski definition) is 0. The van der Waals surface area contributed by atoms with E-state index in [-0.39, 0.29) is 11.9 Å². The second kappa shape index (κ2) is 5.38. The Kier molecular flexibility index (Phi) is 3.52. The zero-order valence-corrected chi connectivity index (χ0v) is 13.5. The zero-order valence-electron chi connectivity index (χ0n) is 11.9. The van der Waals surface area contributed by atoms with Crippen LogP contribution in [-0.4, -0.2) is 28.3 Å². The molecule has 5 heteroatoms. The Morgan fingerprint density at radius 1 is 1.38 bits per heavy atom. The second-order valence-electron chi connectivity index (χ2n) is 6.13. The van der Waals surface area contributed by atoms with Gasteiger partial charge in [0.2, 0.25) is 0 Å². The summed E-state index contributed by atoms with van der Waals surface area (Å²) in [6.07, 6.45) is 7.69. The number of benzene rings is 1. The molecule has 2 aliphatic rings. The van der Waals surface area contributed by atoms with Gasteiger partial charge >= 0.3 is 0 Å². The van der Waals surface area contributed by atoms with Crippen LogP contribution in [0.25, 0.3) is 10.9 Å². The first kappa shape index (κ1) is 13.7. The van der Waals surface area contributed by atoms with Crippen molar-refractivity contribution >= 4 is 26.8 Å². The molecule has 1 aromatic heterocycles. The standard InChI is InChI=1S/C16H19BrN2O2/c17-13-4-5-14-12(9-13)10-19(18-14)11-16(6-7-16)21-15-3-1-2-8-20-15/h4-5,9-10,15H,1-3,6-8,11H2. The van der Waals surface area contributed by atoms with Crippen molar-refractivity contribution in [3.05, 3.63) is 28.9 Å². The molecule has 0 bridgehead atoms. The van der Waals surface area contributed by atoms with Crippen LogP contribution in [0.3, 0.4) is 0 Å². The van der Waals surface area contributed by atoms with Gasteiger partial charge in [0.25, 0.3) is 0 Å². The van der Waals surface area contributed by atoms with Crippen LogP contribution in [-0.2, 0) is 16.0 Å². The molecule has 1 aromatic carbocycles. The third-order valence-corrected chi connectivity index (χ3v) is 4.78. The van der Waals surface area contributed by atoms with Crippen molar-refractivity contribution in [1.82, 2.24) is 9.78 Å². The second-order valence-corrected chi connectivity index (χ2v) is 7.04. The first-order chi connectivity index (χ1) is 10.2. The summed E-state index contributed by atoms with van der Waals surface area (Å²) in [7, 11) is 0. The number of hydrogen-bond acceptors (Lipinski definition) is 3. The van der Waals surface area contributed by atoms with Crippen LogP contribution in [0.15, 0.2) is 28.9 Å². The highest BCUT2D eigenvalue weighted by atomic mass is 79.9. The Balaban J connectivity index is 1.48. The van der Waals surface area contributed by atoms with Gasteiger partial charge in [0.05, 0.1) is 17.7 Å². The van der Waals surface area contributed by atoms with Crippen LogP contribution in [0, 0.1) is 0 Å². The summed E-state index contributed by atoms with van der Waals surface area (Å²) in [5, 5.41) is 5.81. The Bertz CT molecular complexity index is 645. The van der Waals surface area contributed by atoms with Gasteiger partial charge in [-0.3, -0.25) is 4.68 Å². The quantitative estimate of drug-likeness (QED) is 0.839. The number of nitrogens with zero attached hydrogens (tertiary/aromatic N) is 2. The van der Waals surface area contributed by atoms with Gasteiger partial charge in [-0.2, -0.15) is 5.10 Å². The minimum absolute atomic E-state index is 0.0135. The maximum Gasteiger partial charge on any atom is 0.158 e. The largest absolute Gasteiger partial charge is 0.353 e. The van der Waals surface area contributed by atoms with Crippen LogP contribution in [0.1, 0.15) is 32.1 Å². The molecule has 4 nitrogen and oxygen atoms in total. The van der Waals surface area contributed by atoms with Gasteiger partial charge in [-0.25, -0.2) is 0 Å². The smallest absolute Gasteiger partial charge is 0.158 e. The number of halogens is 1. The van der Waals surface area contributed by atoms with Gasteiger partial charge in [-0.15, -0.1) is 0 Å². The third kappa shape index (κ3) is 3.00. The average Bonchev–Trinajstić information content (AvgIpc) is 3.10. The van der Waals surface area contributed by atoms with E-state index in [0.29, 0.717) is 0 Å². The van der Waals surface area contributed by atoms with E-state index in [1.165, 1.54) is 6.42 Å². The summed E-state index contributed by atoms with van der Waals surface area (Å²) >= 11 is 3.50. The van der Waals surface area contributed by atoms with Crippen LogP contribution in [0.2, 0.25) is 0 Å². The van der Waals surface area contributed by atoms with Crippen LogP contribution >= 0.6 is 15.9 Å². The molecule has 1 atom stereocenters. The lowest BCUT2D eigenvalue weighted by Gasteiger charge is -2.27. The monoisotopic (exact) mass is 350 g/mol. The topological polar surface area (TPSA) is 36.3 Å². The Morgan fingerprint density at radius 3 is 3.05 bits per heavy atom. The molecule has 1 aliphatic heterocycles. The minimum atomic E-state index is -0.0543. The van der Waals surface area contributed by atoms with Gasteiger partial charge in [0, 0.05) is 22.7 Å². The van der Waals surface area contributed by atoms with Crippen LogP contribution in [0.4, 0.5) is 0 Å². The van der Waals surface area contributed by atoms with Crippen LogP contribution < -0.4 is 0 Å². The molecule has 2 aromatic rings. The summed E-state index contributed by atoms with van der Waals surface area (Å²) in [5.41, 5.74) is 0.976. The number of rotatable bonds is 4. The Labute approximate surface area is 132 Å². The molecule has 112 valence electrons. The van der Waals surface area contributed by atoms with E-state index in [1.54, 1.807) is 0 Å². The molecule has 1 saturated carbocycles. The maximum absolute atomic E-state index is 6.22. The van der Waals surface area contributed by atoms with Crippen LogP contribution in [0.5, 0.6) is 0 Å². The lowest BCUT2D eigenvalue weighted by atomic mass is 10.2. The fourth-order valence-corrected chi connectivity index (χ4v) is 3.34. The molecule has 0 N–H and O–H groups in total. The van der Waals surface area contributed by atoms with Crippen molar-refractivity contribution in [1.29, 1.82) is 0 Å². The fourth-order valence-electron chi connectivity index (χ4n) is 2.96. The van der Waals surface area contributed by atoms with E-state index in [0.717, 1.165) is 54.2 Å². The zero-order chi connectivity index (χ0) is 14.3. The maximum atomic E-state index is 6.22.